The quantitative estimate of drug-likeness (QED) is 0.727. The van der Waals surface area contributed by atoms with Gasteiger partial charge >= 0.3 is 0 Å². The molecule has 3 unspecified atom stereocenters. The molecule has 1 aliphatic heterocycles. The Hall–Kier alpha value is -0.570. The predicted molar refractivity (Wildman–Crippen MR) is 58.4 cm³/mol. The maximum absolute atomic E-state index is 11.7. The Morgan fingerprint density at radius 3 is 2.87 bits per heavy atom. The third-order valence-electron chi connectivity index (χ3n) is 4.04. The van der Waals surface area contributed by atoms with E-state index in [0.29, 0.717) is 23.9 Å². The third-order valence-corrected chi connectivity index (χ3v) is 4.04. The van der Waals surface area contributed by atoms with Crippen LogP contribution in [0.5, 0.6) is 0 Å². The van der Waals surface area contributed by atoms with Crippen LogP contribution in [0.25, 0.3) is 0 Å². The Labute approximate surface area is 91.0 Å². The van der Waals surface area contributed by atoms with Crippen molar-refractivity contribution in [3.05, 3.63) is 0 Å². The number of carbonyl (C=O) groups excluding carboxylic acids is 1. The first-order valence-corrected chi connectivity index (χ1v) is 6.32. The van der Waals surface area contributed by atoms with Crippen molar-refractivity contribution in [1.82, 2.24) is 10.6 Å². The minimum atomic E-state index is 0.295. The van der Waals surface area contributed by atoms with Gasteiger partial charge in [0.05, 0.1) is 0 Å². The van der Waals surface area contributed by atoms with Crippen molar-refractivity contribution in [1.29, 1.82) is 0 Å². The average Bonchev–Trinajstić information content (AvgIpc) is 2.92. The molecule has 0 aromatic heterocycles. The van der Waals surface area contributed by atoms with E-state index >= 15 is 0 Å². The molecule has 84 valence electrons. The molecule has 3 rings (SSSR count). The summed E-state index contributed by atoms with van der Waals surface area (Å²) in [6, 6.07) is 1.13. The highest BCUT2D eigenvalue weighted by molar-refractivity contribution is 5.76. The lowest BCUT2D eigenvalue weighted by Gasteiger charge is -2.27. The molecule has 1 saturated heterocycles. The van der Waals surface area contributed by atoms with E-state index in [0.717, 1.165) is 18.8 Å². The largest absolute Gasteiger partial charge is 0.353 e. The van der Waals surface area contributed by atoms with Gasteiger partial charge in [-0.2, -0.15) is 0 Å². The standard InChI is InChI=1S/C12H20N2O/c15-12(5-8-1-2-8)14-11-4-9-3-10(6-11)13-7-9/h8-11,13H,1-7H2,(H,14,15). The van der Waals surface area contributed by atoms with Gasteiger partial charge in [0.1, 0.15) is 0 Å². The van der Waals surface area contributed by atoms with Crippen molar-refractivity contribution in [3.63, 3.8) is 0 Å². The summed E-state index contributed by atoms with van der Waals surface area (Å²) in [4.78, 5) is 11.7. The maximum atomic E-state index is 11.7. The number of nitrogens with one attached hydrogen (secondary N) is 2. The number of hydrogen-bond donors (Lipinski definition) is 2. The fourth-order valence-corrected chi connectivity index (χ4v) is 3.09. The van der Waals surface area contributed by atoms with Crippen LogP contribution >= 0.6 is 0 Å². The average molecular weight is 208 g/mol. The molecule has 0 aromatic carbocycles. The van der Waals surface area contributed by atoms with Gasteiger partial charge in [0.25, 0.3) is 0 Å². The predicted octanol–water partition coefficient (Wildman–Crippen LogP) is 1.04. The molecule has 0 radical (unpaired) electrons. The van der Waals surface area contributed by atoms with E-state index in [1.54, 1.807) is 0 Å². The molecular formula is C12H20N2O. The lowest BCUT2D eigenvalue weighted by atomic mass is 9.86. The number of fused-ring (bicyclic) bond motifs is 2. The highest BCUT2D eigenvalue weighted by atomic mass is 16.1. The number of carbonyl (C=O) groups is 1. The van der Waals surface area contributed by atoms with Gasteiger partial charge in [-0.3, -0.25) is 4.79 Å². The highest BCUT2D eigenvalue weighted by Crippen LogP contribution is 2.33. The van der Waals surface area contributed by atoms with Crippen molar-refractivity contribution in [2.75, 3.05) is 6.54 Å². The Morgan fingerprint density at radius 2 is 2.13 bits per heavy atom. The van der Waals surface area contributed by atoms with Crippen molar-refractivity contribution < 1.29 is 4.79 Å². The van der Waals surface area contributed by atoms with Crippen molar-refractivity contribution in [2.24, 2.45) is 11.8 Å². The maximum Gasteiger partial charge on any atom is 0.220 e. The van der Waals surface area contributed by atoms with E-state index in [9.17, 15) is 4.79 Å². The van der Waals surface area contributed by atoms with E-state index < -0.39 is 0 Å². The van der Waals surface area contributed by atoms with Gasteiger partial charge in [-0.1, -0.05) is 0 Å². The third kappa shape index (κ3) is 2.33. The molecule has 2 bridgehead atoms. The number of hydrogen-bond acceptors (Lipinski definition) is 2. The van der Waals surface area contributed by atoms with Crippen LogP contribution in [-0.4, -0.2) is 24.5 Å². The Bertz CT molecular complexity index is 250. The number of amides is 1. The van der Waals surface area contributed by atoms with Crippen LogP contribution < -0.4 is 10.6 Å². The van der Waals surface area contributed by atoms with Crippen LogP contribution in [0.4, 0.5) is 0 Å². The highest BCUT2D eigenvalue weighted by Gasteiger charge is 2.34. The van der Waals surface area contributed by atoms with Crippen LogP contribution in [0.2, 0.25) is 0 Å². The molecule has 3 heteroatoms. The van der Waals surface area contributed by atoms with Gasteiger partial charge in [-0.05, 0) is 50.5 Å². The van der Waals surface area contributed by atoms with Gasteiger partial charge in [0.2, 0.25) is 5.91 Å². The monoisotopic (exact) mass is 208 g/mol. The molecule has 3 fully saturated rings. The molecule has 15 heavy (non-hydrogen) atoms. The lowest BCUT2D eigenvalue weighted by Crippen LogP contribution is -2.41. The van der Waals surface area contributed by atoms with E-state index in [1.165, 1.54) is 32.2 Å². The Morgan fingerprint density at radius 1 is 1.27 bits per heavy atom. The normalized spacial score (nSPS) is 39.1. The lowest BCUT2D eigenvalue weighted by molar-refractivity contribution is -0.122. The second-order valence-electron chi connectivity index (χ2n) is 5.59. The van der Waals surface area contributed by atoms with Gasteiger partial charge in [0.15, 0.2) is 0 Å². The molecule has 1 amide bonds. The SMILES string of the molecule is O=C(CC1CC1)NC1CC2CNC(C2)C1. The zero-order valence-electron chi connectivity index (χ0n) is 9.17. The Balaban J connectivity index is 1.48. The first-order chi connectivity index (χ1) is 7.29. The summed E-state index contributed by atoms with van der Waals surface area (Å²) in [5.41, 5.74) is 0. The van der Waals surface area contributed by atoms with Crippen LogP contribution in [0.15, 0.2) is 0 Å². The van der Waals surface area contributed by atoms with E-state index in [-0.39, 0.29) is 0 Å². The molecule has 3 aliphatic rings. The van der Waals surface area contributed by atoms with Gasteiger partial charge in [0, 0.05) is 18.5 Å². The molecule has 0 spiro atoms. The molecule has 3 atom stereocenters. The van der Waals surface area contributed by atoms with Crippen LogP contribution in [0.1, 0.15) is 38.5 Å². The van der Waals surface area contributed by atoms with Crippen molar-refractivity contribution >= 4 is 5.91 Å². The summed E-state index contributed by atoms with van der Waals surface area (Å²) in [5, 5.41) is 6.74. The molecule has 3 nitrogen and oxygen atoms in total. The molecule has 2 N–H and O–H groups in total. The minimum absolute atomic E-state index is 0.295. The fourth-order valence-electron chi connectivity index (χ4n) is 3.09. The second kappa shape index (κ2) is 3.78. The molecule has 1 heterocycles. The molecule has 2 aliphatic carbocycles. The zero-order valence-corrected chi connectivity index (χ0v) is 9.17. The first-order valence-electron chi connectivity index (χ1n) is 6.32. The molecular weight excluding hydrogens is 188 g/mol. The minimum Gasteiger partial charge on any atom is -0.353 e. The van der Waals surface area contributed by atoms with Gasteiger partial charge in [-0.15, -0.1) is 0 Å². The summed E-state index contributed by atoms with van der Waals surface area (Å²) >= 11 is 0. The van der Waals surface area contributed by atoms with Crippen molar-refractivity contribution in [3.8, 4) is 0 Å². The van der Waals surface area contributed by atoms with E-state index in [2.05, 4.69) is 10.6 Å². The van der Waals surface area contributed by atoms with Crippen molar-refractivity contribution in [2.45, 2.75) is 50.6 Å². The van der Waals surface area contributed by atoms with E-state index in [1.807, 2.05) is 0 Å². The summed E-state index contributed by atoms with van der Waals surface area (Å²) in [7, 11) is 0. The van der Waals surface area contributed by atoms with E-state index in [4.69, 9.17) is 0 Å². The first kappa shape index (κ1) is 9.64. The smallest absolute Gasteiger partial charge is 0.220 e. The molecule has 0 aromatic rings. The van der Waals surface area contributed by atoms with Crippen LogP contribution in [0, 0.1) is 11.8 Å². The topological polar surface area (TPSA) is 41.1 Å². The second-order valence-corrected chi connectivity index (χ2v) is 5.59. The summed E-state index contributed by atoms with van der Waals surface area (Å²) in [6.45, 7) is 1.17. The van der Waals surface area contributed by atoms with Crippen LogP contribution in [0.3, 0.4) is 0 Å². The molecule has 2 saturated carbocycles. The fraction of sp³-hybridized carbons (Fsp3) is 0.917. The summed E-state index contributed by atoms with van der Waals surface area (Å²) in [6.07, 6.45) is 6.98. The summed E-state index contributed by atoms with van der Waals surface area (Å²) in [5.74, 6) is 1.82. The Kier molecular flexibility index (Phi) is 2.43. The number of rotatable bonds is 3. The van der Waals surface area contributed by atoms with Gasteiger partial charge < -0.3 is 10.6 Å². The summed E-state index contributed by atoms with van der Waals surface area (Å²) < 4.78 is 0. The van der Waals surface area contributed by atoms with Gasteiger partial charge in [-0.25, -0.2) is 0 Å². The zero-order chi connectivity index (χ0) is 10.3. The van der Waals surface area contributed by atoms with Crippen LogP contribution in [-0.2, 0) is 4.79 Å².